The lowest BCUT2D eigenvalue weighted by Crippen LogP contribution is -2.30. The number of aromatic hydroxyl groups is 1. The molecular formula is C13H17NO. The Morgan fingerprint density at radius 2 is 2.00 bits per heavy atom. The van der Waals surface area contributed by atoms with Crippen molar-refractivity contribution in [1.29, 1.82) is 0 Å². The molecule has 0 amide bonds. The molecule has 2 heteroatoms. The molecule has 1 atom stereocenters. The Morgan fingerprint density at radius 3 is 2.67 bits per heavy atom. The average molecular weight is 203 g/mol. The van der Waals surface area contributed by atoms with Gasteiger partial charge in [-0.25, -0.2) is 0 Å². The zero-order chi connectivity index (χ0) is 11.2. The third-order valence-electron chi connectivity index (χ3n) is 3.55. The maximum Gasteiger partial charge on any atom is 0.118 e. The first-order valence-electron chi connectivity index (χ1n) is 5.31. The second-order valence-corrected chi connectivity index (χ2v) is 4.85. The third kappa shape index (κ3) is 1.44. The lowest BCUT2D eigenvalue weighted by molar-refractivity contribution is 0.426. The van der Waals surface area contributed by atoms with Crippen molar-refractivity contribution < 1.29 is 5.11 Å². The minimum Gasteiger partial charge on any atom is -0.508 e. The van der Waals surface area contributed by atoms with E-state index in [4.69, 9.17) is 0 Å². The van der Waals surface area contributed by atoms with Gasteiger partial charge in [0.1, 0.15) is 5.75 Å². The minimum atomic E-state index is -0.0778. The monoisotopic (exact) mass is 203 g/mol. The zero-order valence-electron chi connectivity index (χ0n) is 9.70. The lowest BCUT2D eigenvalue weighted by atomic mass is 9.77. The van der Waals surface area contributed by atoms with Crippen LogP contribution in [0, 0.1) is 6.92 Å². The van der Waals surface area contributed by atoms with Gasteiger partial charge in [-0.1, -0.05) is 6.92 Å². The average Bonchev–Trinajstić information content (AvgIpc) is 2.17. The minimum absolute atomic E-state index is 0.0778. The van der Waals surface area contributed by atoms with E-state index in [0.717, 1.165) is 11.1 Å². The van der Waals surface area contributed by atoms with E-state index >= 15 is 0 Å². The maximum absolute atomic E-state index is 9.72. The van der Waals surface area contributed by atoms with Gasteiger partial charge in [-0.2, -0.15) is 0 Å². The van der Waals surface area contributed by atoms with E-state index in [9.17, 15) is 5.11 Å². The number of benzene rings is 1. The van der Waals surface area contributed by atoms with Crippen LogP contribution in [0.4, 0.5) is 0 Å². The van der Waals surface area contributed by atoms with Crippen LogP contribution >= 0.6 is 0 Å². The van der Waals surface area contributed by atoms with Gasteiger partial charge in [0.05, 0.1) is 5.54 Å². The number of phenols is 1. The first-order valence-corrected chi connectivity index (χ1v) is 5.31. The van der Waals surface area contributed by atoms with E-state index < -0.39 is 0 Å². The molecule has 2 nitrogen and oxygen atoms in total. The van der Waals surface area contributed by atoms with Crippen molar-refractivity contribution in [2.45, 2.75) is 39.2 Å². The zero-order valence-corrected chi connectivity index (χ0v) is 9.70. The van der Waals surface area contributed by atoms with Gasteiger partial charge in [0, 0.05) is 12.1 Å². The van der Waals surface area contributed by atoms with Crippen LogP contribution in [0.15, 0.2) is 17.1 Å². The highest BCUT2D eigenvalue weighted by Gasteiger charge is 2.32. The number of nitrogens with zero attached hydrogens (tertiary/aromatic N) is 1. The van der Waals surface area contributed by atoms with Gasteiger partial charge in [0.15, 0.2) is 0 Å². The SMILES string of the molecule is Cc1c(O)ccc2c1C(C)C(C)(C)N=C2. The molecule has 1 aliphatic heterocycles. The fourth-order valence-electron chi connectivity index (χ4n) is 2.13. The Bertz CT molecular complexity index is 432. The van der Waals surface area contributed by atoms with Crippen molar-refractivity contribution in [2.24, 2.45) is 4.99 Å². The van der Waals surface area contributed by atoms with Crippen LogP contribution in [0.3, 0.4) is 0 Å². The summed E-state index contributed by atoms with van der Waals surface area (Å²) in [6.07, 6.45) is 1.92. The molecular weight excluding hydrogens is 186 g/mol. The predicted molar refractivity (Wildman–Crippen MR) is 62.9 cm³/mol. The molecule has 0 saturated heterocycles. The molecule has 2 rings (SSSR count). The normalized spacial score (nSPS) is 22.5. The molecule has 0 radical (unpaired) electrons. The fraction of sp³-hybridized carbons (Fsp3) is 0.462. The van der Waals surface area contributed by atoms with E-state index in [2.05, 4.69) is 25.8 Å². The van der Waals surface area contributed by atoms with Crippen LogP contribution in [0.25, 0.3) is 0 Å². The summed E-state index contributed by atoms with van der Waals surface area (Å²) in [4.78, 5) is 4.55. The number of hydrogen-bond donors (Lipinski definition) is 1. The summed E-state index contributed by atoms with van der Waals surface area (Å²) in [6.45, 7) is 8.39. The van der Waals surface area contributed by atoms with Crippen LogP contribution < -0.4 is 0 Å². The van der Waals surface area contributed by atoms with Gasteiger partial charge >= 0.3 is 0 Å². The molecule has 15 heavy (non-hydrogen) atoms. The highest BCUT2D eigenvalue weighted by atomic mass is 16.3. The fourth-order valence-corrected chi connectivity index (χ4v) is 2.13. The molecule has 1 unspecified atom stereocenters. The van der Waals surface area contributed by atoms with E-state index in [1.807, 2.05) is 19.2 Å². The second kappa shape index (κ2) is 3.09. The number of aliphatic imine (C=N–C) groups is 1. The highest BCUT2D eigenvalue weighted by molar-refractivity contribution is 5.85. The lowest BCUT2D eigenvalue weighted by Gasteiger charge is -2.34. The van der Waals surface area contributed by atoms with Crippen LogP contribution in [0.1, 0.15) is 43.4 Å². The van der Waals surface area contributed by atoms with E-state index in [1.165, 1.54) is 5.56 Å². The van der Waals surface area contributed by atoms with Gasteiger partial charge in [0.25, 0.3) is 0 Å². The molecule has 80 valence electrons. The van der Waals surface area contributed by atoms with Crippen molar-refractivity contribution in [3.05, 3.63) is 28.8 Å². The number of fused-ring (bicyclic) bond motifs is 1. The Balaban J connectivity index is 2.67. The Kier molecular flexibility index (Phi) is 2.10. The Morgan fingerprint density at radius 1 is 1.33 bits per heavy atom. The molecule has 1 N–H and O–H groups in total. The summed E-state index contributed by atoms with van der Waals surface area (Å²) in [5, 5.41) is 9.72. The topological polar surface area (TPSA) is 32.6 Å². The predicted octanol–water partition coefficient (Wildman–Crippen LogP) is 3.02. The van der Waals surface area contributed by atoms with Crippen LogP contribution in [-0.2, 0) is 0 Å². The first-order chi connectivity index (χ1) is 6.93. The van der Waals surface area contributed by atoms with Gasteiger partial charge in [0.2, 0.25) is 0 Å². The van der Waals surface area contributed by atoms with Crippen LogP contribution in [-0.4, -0.2) is 16.9 Å². The Hall–Kier alpha value is -1.31. The van der Waals surface area contributed by atoms with Crippen molar-refractivity contribution in [2.75, 3.05) is 0 Å². The summed E-state index contributed by atoms with van der Waals surface area (Å²) in [6, 6.07) is 3.68. The third-order valence-corrected chi connectivity index (χ3v) is 3.55. The quantitative estimate of drug-likeness (QED) is 0.690. The van der Waals surface area contributed by atoms with Crippen molar-refractivity contribution in [1.82, 2.24) is 0 Å². The smallest absolute Gasteiger partial charge is 0.118 e. The summed E-state index contributed by atoms with van der Waals surface area (Å²) >= 11 is 0. The Labute approximate surface area is 90.7 Å². The van der Waals surface area contributed by atoms with Gasteiger partial charge < -0.3 is 5.11 Å². The van der Waals surface area contributed by atoms with Crippen LogP contribution in [0.5, 0.6) is 5.75 Å². The standard InChI is InChI=1S/C13H17NO/c1-8-11(15)6-5-10-7-14-13(3,4)9(2)12(8)10/h5-7,9,15H,1-4H3. The van der Waals surface area contributed by atoms with Crippen molar-refractivity contribution >= 4 is 6.21 Å². The summed E-state index contributed by atoms with van der Waals surface area (Å²) in [7, 11) is 0. The van der Waals surface area contributed by atoms with E-state index in [-0.39, 0.29) is 5.54 Å². The summed E-state index contributed by atoms with van der Waals surface area (Å²) < 4.78 is 0. The molecule has 0 aliphatic carbocycles. The van der Waals surface area contributed by atoms with Gasteiger partial charge in [-0.05, 0) is 49.6 Å². The first kappa shape index (κ1) is 10.2. The van der Waals surface area contributed by atoms with Crippen LogP contribution in [0.2, 0.25) is 0 Å². The molecule has 0 saturated carbocycles. The number of rotatable bonds is 0. The molecule has 0 bridgehead atoms. The van der Waals surface area contributed by atoms with Gasteiger partial charge in [-0.15, -0.1) is 0 Å². The molecule has 1 heterocycles. The molecule has 0 fully saturated rings. The van der Waals surface area contributed by atoms with Gasteiger partial charge in [-0.3, -0.25) is 4.99 Å². The maximum atomic E-state index is 9.72. The summed E-state index contributed by atoms with van der Waals surface area (Å²) in [5.74, 6) is 0.719. The summed E-state index contributed by atoms with van der Waals surface area (Å²) in [5.41, 5.74) is 3.28. The van der Waals surface area contributed by atoms with Crippen molar-refractivity contribution in [3.63, 3.8) is 0 Å². The molecule has 1 aliphatic rings. The molecule has 1 aromatic carbocycles. The molecule has 0 aromatic heterocycles. The molecule has 1 aromatic rings. The van der Waals surface area contributed by atoms with E-state index in [0.29, 0.717) is 11.7 Å². The second-order valence-electron chi connectivity index (χ2n) is 4.85. The number of hydrogen-bond acceptors (Lipinski definition) is 2. The van der Waals surface area contributed by atoms with E-state index in [1.54, 1.807) is 6.07 Å². The van der Waals surface area contributed by atoms with Crippen molar-refractivity contribution in [3.8, 4) is 5.75 Å². The molecule has 0 spiro atoms. The highest BCUT2D eigenvalue weighted by Crippen LogP contribution is 2.39. The number of phenolic OH excluding ortho intramolecular Hbond substituents is 1. The largest absolute Gasteiger partial charge is 0.508 e.